The summed E-state index contributed by atoms with van der Waals surface area (Å²) in [4.78, 5) is 0. The highest BCUT2D eigenvalue weighted by Crippen LogP contribution is 2.38. The fourth-order valence-electron chi connectivity index (χ4n) is 2.88. The van der Waals surface area contributed by atoms with Gasteiger partial charge >= 0.3 is 0 Å². The maximum absolute atomic E-state index is 11.5. The fraction of sp³-hybridized carbons (Fsp3) is 0.222. The summed E-state index contributed by atoms with van der Waals surface area (Å²) in [5, 5.41) is 1.94. The van der Waals surface area contributed by atoms with E-state index in [2.05, 4.69) is 29.3 Å². The molecule has 2 aromatic carbocycles. The van der Waals surface area contributed by atoms with Gasteiger partial charge < -0.3 is 14.9 Å². The Labute approximate surface area is 160 Å². The number of nitrogens with one attached hydrogen (secondary N) is 1. The smallest absolute Gasteiger partial charge is 0.121 e. The number of benzene rings is 2. The number of nitrogens with zero attached hydrogens (tertiary/aromatic N) is 1. The van der Waals surface area contributed by atoms with E-state index in [1.54, 1.807) is 6.26 Å². The number of hydrogen-bond acceptors (Lipinski definition) is 3. The standard InChI is InChI=1S/C18H19Cl2N3OS/c1-10(2)23-9-14(11-6-15(19)18(21)16(20)7-11)13-5-4-12(8-17(13)23)22-25(3)24/h4-10,22H,21H2,1-3H3. The van der Waals surface area contributed by atoms with Gasteiger partial charge in [0.2, 0.25) is 0 Å². The molecule has 7 heteroatoms. The lowest BCUT2D eigenvalue weighted by molar-refractivity contribution is 0.605. The van der Waals surface area contributed by atoms with Crippen molar-refractivity contribution in [1.82, 2.24) is 4.57 Å². The molecule has 4 nitrogen and oxygen atoms in total. The Morgan fingerprint density at radius 3 is 2.36 bits per heavy atom. The van der Waals surface area contributed by atoms with E-state index in [-0.39, 0.29) is 6.04 Å². The van der Waals surface area contributed by atoms with Crippen molar-refractivity contribution in [2.75, 3.05) is 16.7 Å². The maximum atomic E-state index is 11.5. The van der Waals surface area contributed by atoms with E-state index < -0.39 is 11.4 Å². The van der Waals surface area contributed by atoms with Crippen LogP contribution < -0.4 is 10.5 Å². The highest BCUT2D eigenvalue weighted by Gasteiger charge is 2.15. The van der Waals surface area contributed by atoms with Crippen molar-refractivity contribution in [1.29, 1.82) is 0 Å². The second kappa shape index (κ2) is 7.00. The van der Waals surface area contributed by atoms with E-state index in [0.29, 0.717) is 15.7 Å². The zero-order valence-corrected chi connectivity index (χ0v) is 16.5. The number of halogens is 2. The molecule has 0 spiro atoms. The largest absolute Gasteiger partial charge is 0.593 e. The monoisotopic (exact) mass is 395 g/mol. The molecule has 0 aliphatic carbocycles. The van der Waals surface area contributed by atoms with Gasteiger partial charge in [-0.2, -0.15) is 0 Å². The summed E-state index contributed by atoms with van der Waals surface area (Å²) in [5.74, 6) is 0. The Morgan fingerprint density at radius 2 is 1.80 bits per heavy atom. The molecular formula is C18H19Cl2N3OS. The number of rotatable bonds is 4. The minimum absolute atomic E-state index is 0.262. The van der Waals surface area contributed by atoms with Crippen LogP contribution in [0.1, 0.15) is 19.9 Å². The Hall–Kier alpha value is -1.53. The van der Waals surface area contributed by atoms with Crippen LogP contribution in [0, 0.1) is 0 Å². The van der Waals surface area contributed by atoms with Gasteiger partial charge in [-0.3, -0.25) is 0 Å². The van der Waals surface area contributed by atoms with Crippen LogP contribution in [-0.2, 0) is 11.4 Å². The highest BCUT2D eigenvalue weighted by molar-refractivity contribution is 7.92. The van der Waals surface area contributed by atoms with Crippen molar-refractivity contribution in [2.24, 2.45) is 0 Å². The average molecular weight is 396 g/mol. The van der Waals surface area contributed by atoms with Crippen molar-refractivity contribution in [2.45, 2.75) is 19.9 Å². The third kappa shape index (κ3) is 3.55. The van der Waals surface area contributed by atoms with Crippen molar-refractivity contribution >= 4 is 56.8 Å². The first-order valence-electron chi connectivity index (χ1n) is 7.77. The predicted molar refractivity (Wildman–Crippen MR) is 110 cm³/mol. The SMILES string of the molecule is CC(C)n1cc(-c2cc(Cl)c(N)c(Cl)c2)c2ccc(N[S+](C)[O-])cc21. The molecular weight excluding hydrogens is 377 g/mol. The van der Waals surface area contributed by atoms with Crippen LogP contribution in [0.4, 0.5) is 11.4 Å². The first kappa shape index (κ1) is 18.3. The van der Waals surface area contributed by atoms with Crippen molar-refractivity contribution in [3.05, 3.63) is 46.6 Å². The molecule has 1 atom stereocenters. The van der Waals surface area contributed by atoms with Crippen molar-refractivity contribution in [3.63, 3.8) is 0 Å². The Balaban J connectivity index is 2.22. The van der Waals surface area contributed by atoms with Crippen LogP contribution in [-0.4, -0.2) is 15.4 Å². The average Bonchev–Trinajstić information content (AvgIpc) is 2.90. The second-order valence-corrected chi connectivity index (χ2v) is 8.11. The maximum Gasteiger partial charge on any atom is 0.121 e. The lowest BCUT2D eigenvalue weighted by Crippen LogP contribution is -2.09. The summed E-state index contributed by atoms with van der Waals surface area (Å²) >= 11 is 11.3. The van der Waals surface area contributed by atoms with Crippen LogP contribution in [0.25, 0.3) is 22.0 Å². The molecule has 0 amide bonds. The van der Waals surface area contributed by atoms with Gasteiger partial charge in [0.25, 0.3) is 0 Å². The first-order chi connectivity index (χ1) is 11.8. The zero-order chi connectivity index (χ0) is 18.3. The van der Waals surface area contributed by atoms with Crippen molar-refractivity contribution < 1.29 is 4.55 Å². The normalized spacial score (nSPS) is 12.8. The van der Waals surface area contributed by atoms with Gasteiger partial charge in [0.1, 0.15) is 6.26 Å². The molecule has 3 rings (SSSR count). The Kier molecular flexibility index (Phi) is 5.11. The Morgan fingerprint density at radius 1 is 1.16 bits per heavy atom. The summed E-state index contributed by atoms with van der Waals surface area (Å²) < 4.78 is 16.6. The summed E-state index contributed by atoms with van der Waals surface area (Å²) in [7, 11) is 0. The molecule has 0 aliphatic rings. The van der Waals surface area contributed by atoms with Gasteiger partial charge in [0, 0.05) is 23.2 Å². The van der Waals surface area contributed by atoms with Crippen LogP contribution in [0.3, 0.4) is 0 Å². The van der Waals surface area contributed by atoms with Crippen LogP contribution in [0.5, 0.6) is 0 Å². The quantitative estimate of drug-likeness (QED) is 0.453. The van der Waals surface area contributed by atoms with E-state index in [4.69, 9.17) is 28.9 Å². The Bertz CT molecular complexity index is 914. The second-order valence-electron chi connectivity index (χ2n) is 6.19. The van der Waals surface area contributed by atoms with Crippen LogP contribution >= 0.6 is 23.2 Å². The molecule has 0 radical (unpaired) electrons. The molecule has 1 heterocycles. The van der Waals surface area contributed by atoms with Crippen LogP contribution in [0.15, 0.2) is 36.5 Å². The van der Waals surface area contributed by atoms with Gasteiger partial charge in [0.05, 0.1) is 38.3 Å². The van der Waals surface area contributed by atoms with Gasteiger partial charge in [-0.05, 0) is 49.7 Å². The summed E-state index contributed by atoms with van der Waals surface area (Å²) in [6, 6.07) is 9.85. The number of hydrogen-bond donors (Lipinski definition) is 2. The molecule has 3 aromatic rings. The number of anilines is 2. The molecule has 3 N–H and O–H groups in total. The fourth-order valence-corrected chi connectivity index (χ4v) is 3.82. The summed E-state index contributed by atoms with van der Waals surface area (Å²) in [6.45, 7) is 4.23. The molecule has 0 bridgehead atoms. The van der Waals surface area contributed by atoms with Gasteiger partial charge in [-0.25, -0.2) is 4.72 Å². The first-order valence-corrected chi connectivity index (χ1v) is 10.1. The molecule has 25 heavy (non-hydrogen) atoms. The number of aromatic nitrogens is 1. The van der Waals surface area contributed by atoms with Crippen LogP contribution in [0.2, 0.25) is 10.0 Å². The third-order valence-electron chi connectivity index (χ3n) is 4.04. The number of nitrogen functional groups attached to an aromatic ring is 1. The summed E-state index contributed by atoms with van der Waals surface area (Å²) in [5.41, 5.74) is 10.0. The van der Waals surface area contributed by atoms with Crippen molar-refractivity contribution in [3.8, 4) is 11.1 Å². The van der Waals surface area contributed by atoms with E-state index in [0.717, 1.165) is 27.7 Å². The minimum atomic E-state index is -1.12. The lowest BCUT2D eigenvalue weighted by atomic mass is 10.0. The van der Waals surface area contributed by atoms with E-state index >= 15 is 0 Å². The summed E-state index contributed by atoms with van der Waals surface area (Å²) in [6.07, 6.45) is 3.69. The third-order valence-corrected chi connectivity index (χ3v) is 5.19. The van der Waals surface area contributed by atoms with Gasteiger partial charge in [-0.1, -0.05) is 23.2 Å². The number of fused-ring (bicyclic) bond motifs is 1. The van der Waals surface area contributed by atoms with Gasteiger partial charge in [0.15, 0.2) is 0 Å². The van der Waals surface area contributed by atoms with E-state index in [1.165, 1.54) is 0 Å². The minimum Gasteiger partial charge on any atom is -0.593 e. The van der Waals surface area contributed by atoms with E-state index in [9.17, 15) is 4.55 Å². The molecule has 0 saturated heterocycles. The molecule has 0 fully saturated rings. The number of nitrogens with two attached hydrogens (primary N) is 1. The molecule has 0 aliphatic heterocycles. The lowest BCUT2D eigenvalue weighted by Gasteiger charge is -2.11. The topological polar surface area (TPSA) is 66.0 Å². The molecule has 0 saturated carbocycles. The zero-order valence-electron chi connectivity index (χ0n) is 14.1. The van der Waals surface area contributed by atoms with E-state index in [1.807, 2.05) is 30.3 Å². The van der Waals surface area contributed by atoms with Gasteiger partial charge in [-0.15, -0.1) is 0 Å². The molecule has 1 unspecified atom stereocenters. The molecule has 132 valence electrons. The highest BCUT2D eigenvalue weighted by atomic mass is 35.5. The molecule has 1 aromatic heterocycles. The predicted octanol–water partition coefficient (Wildman–Crippen LogP) is 5.48.